The topological polar surface area (TPSA) is 43.1 Å². The smallest absolute Gasteiger partial charge is 0.258 e. The second kappa shape index (κ2) is 4.37. The standard InChI is InChI=1S/C14H13NO2/c1-10-4-3-5-12(8-10)14-7-6-13(15(16)17)9-11(14)2/h3-9H,1-2H3. The predicted octanol–water partition coefficient (Wildman–Crippen LogP) is 3.88. The average Bonchev–Trinajstić information content (AvgIpc) is 2.28. The monoisotopic (exact) mass is 227 g/mol. The van der Waals surface area contributed by atoms with Gasteiger partial charge in [0, 0.05) is 12.1 Å². The van der Waals surface area contributed by atoms with Crippen LogP contribution < -0.4 is 0 Å². The van der Waals surface area contributed by atoms with E-state index in [1.54, 1.807) is 12.1 Å². The third kappa shape index (κ3) is 2.33. The Hall–Kier alpha value is -2.16. The first-order valence-corrected chi connectivity index (χ1v) is 5.40. The van der Waals surface area contributed by atoms with Crippen LogP contribution in [0.1, 0.15) is 11.1 Å². The van der Waals surface area contributed by atoms with Gasteiger partial charge in [0.15, 0.2) is 0 Å². The largest absolute Gasteiger partial charge is 0.269 e. The van der Waals surface area contributed by atoms with E-state index in [0.717, 1.165) is 16.7 Å². The second-order valence-corrected chi connectivity index (χ2v) is 4.13. The van der Waals surface area contributed by atoms with Gasteiger partial charge in [-0.15, -0.1) is 0 Å². The fraction of sp³-hybridized carbons (Fsp3) is 0.143. The van der Waals surface area contributed by atoms with Crippen molar-refractivity contribution in [2.75, 3.05) is 0 Å². The van der Waals surface area contributed by atoms with E-state index in [0.29, 0.717) is 0 Å². The van der Waals surface area contributed by atoms with E-state index in [9.17, 15) is 10.1 Å². The van der Waals surface area contributed by atoms with Crippen LogP contribution in [0.5, 0.6) is 0 Å². The van der Waals surface area contributed by atoms with Crippen LogP contribution in [0.15, 0.2) is 42.5 Å². The highest BCUT2D eigenvalue weighted by Crippen LogP contribution is 2.27. The fourth-order valence-corrected chi connectivity index (χ4v) is 1.90. The molecule has 0 atom stereocenters. The van der Waals surface area contributed by atoms with E-state index in [4.69, 9.17) is 0 Å². The van der Waals surface area contributed by atoms with E-state index in [1.807, 2.05) is 38.1 Å². The summed E-state index contributed by atoms with van der Waals surface area (Å²) in [7, 11) is 0. The molecular formula is C14H13NO2. The number of nitrogens with zero attached hydrogens (tertiary/aromatic N) is 1. The molecule has 0 saturated carbocycles. The summed E-state index contributed by atoms with van der Waals surface area (Å²) >= 11 is 0. The Balaban J connectivity index is 2.50. The van der Waals surface area contributed by atoms with Crippen molar-refractivity contribution in [2.24, 2.45) is 0 Å². The lowest BCUT2D eigenvalue weighted by molar-refractivity contribution is -0.384. The van der Waals surface area contributed by atoms with Crippen LogP contribution in [0, 0.1) is 24.0 Å². The SMILES string of the molecule is Cc1cccc(-c2ccc([N+](=O)[O-])cc2C)c1. The maximum Gasteiger partial charge on any atom is 0.269 e. The molecule has 0 aliphatic carbocycles. The quantitative estimate of drug-likeness (QED) is 0.577. The number of hydrogen-bond acceptors (Lipinski definition) is 2. The van der Waals surface area contributed by atoms with E-state index >= 15 is 0 Å². The summed E-state index contributed by atoms with van der Waals surface area (Å²) in [5.74, 6) is 0. The van der Waals surface area contributed by atoms with Gasteiger partial charge in [-0.3, -0.25) is 10.1 Å². The first kappa shape index (κ1) is 11.3. The highest BCUT2D eigenvalue weighted by molar-refractivity contribution is 5.69. The molecule has 0 aromatic heterocycles. The van der Waals surface area contributed by atoms with Gasteiger partial charge in [-0.2, -0.15) is 0 Å². The third-order valence-electron chi connectivity index (χ3n) is 2.75. The van der Waals surface area contributed by atoms with Crippen LogP contribution in [0.4, 0.5) is 5.69 Å². The third-order valence-corrected chi connectivity index (χ3v) is 2.75. The lowest BCUT2D eigenvalue weighted by Gasteiger charge is -2.06. The minimum absolute atomic E-state index is 0.138. The van der Waals surface area contributed by atoms with Gasteiger partial charge in [0.1, 0.15) is 0 Å². The summed E-state index contributed by atoms with van der Waals surface area (Å²) in [6.07, 6.45) is 0. The van der Waals surface area contributed by atoms with Crippen LogP contribution in [0.2, 0.25) is 0 Å². The van der Waals surface area contributed by atoms with Gasteiger partial charge in [0.25, 0.3) is 5.69 Å². The van der Waals surface area contributed by atoms with Crippen molar-refractivity contribution in [3.8, 4) is 11.1 Å². The Morgan fingerprint density at radius 1 is 1.06 bits per heavy atom. The summed E-state index contributed by atoms with van der Waals surface area (Å²) in [6.45, 7) is 3.93. The van der Waals surface area contributed by atoms with Crippen LogP contribution in [-0.4, -0.2) is 4.92 Å². The zero-order valence-corrected chi connectivity index (χ0v) is 9.81. The van der Waals surface area contributed by atoms with Gasteiger partial charge in [-0.05, 0) is 36.6 Å². The van der Waals surface area contributed by atoms with Crippen LogP contribution >= 0.6 is 0 Å². The summed E-state index contributed by atoms with van der Waals surface area (Å²) in [4.78, 5) is 10.3. The highest BCUT2D eigenvalue weighted by Gasteiger charge is 2.09. The first-order chi connectivity index (χ1) is 8.08. The molecule has 3 nitrogen and oxygen atoms in total. The van der Waals surface area contributed by atoms with E-state index in [1.165, 1.54) is 5.56 Å². The van der Waals surface area contributed by atoms with E-state index in [-0.39, 0.29) is 10.6 Å². The van der Waals surface area contributed by atoms with Crippen LogP contribution in [0.3, 0.4) is 0 Å². The maximum absolute atomic E-state index is 10.7. The number of rotatable bonds is 2. The van der Waals surface area contributed by atoms with Gasteiger partial charge in [0.05, 0.1) is 4.92 Å². The Morgan fingerprint density at radius 2 is 1.82 bits per heavy atom. The highest BCUT2D eigenvalue weighted by atomic mass is 16.6. The second-order valence-electron chi connectivity index (χ2n) is 4.13. The summed E-state index contributed by atoms with van der Waals surface area (Å²) < 4.78 is 0. The number of benzene rings is 2. The molecule has 0 saturated heterocycles. The molecule has 86 valence electrons. The van der Waals surface area contributed by atoms with E-state index < -0.39 is 0 Å². The fourth-order valence-electron chi connectivity index (χ4n) is 1.90. The zero-order chi connectivity index (χ0) is 12.4. The number of nitro groups is 1. The zero-order valence-electron chi connectivity index (χ0n) is 9.81. The molecule has 0 aliphatic heterocycles. The molecule has 0 bridgehead atoms. The number of hydrogen-bond donors (Lipinski definition) is 0. The van der Waals surface area contributed by atoms with Gasteiger partial charge in [-0.25, -0.2) is 0 Å². The normalized spacial score (nSPS) is 10.2. The molecule has 2 aromatic rings. The molecule has 0 unspecified atom stereocenters. The van der Waals surface area contributed by atoms with Gasteiger partial charge >= 0.3 is 0 Å². The minimum atomic E-state index is -0.368. The van der Waals surface area contributed by atoms with Crippen LogP contribution in [0.25, 0.3) is 11.1 Å². The Kier molecular flexibility index (Phi) is 2.91. The first-order valence-electron chi connectivity index (χ1n) is 5.40. The van der Waals surface area contributed by atoms with E-state index in [2.05, 4.69) is 6.07 Å². The van der Waals surface area contributed by atoms with Crippen LogP contribution in [-0.2, 0) is 0 Å². The lowest BCUT2D eigenvalue weighted by Crippen LogP contribution is -1.90. The molecule has 3 heteroatoms. The number of aryl methyl sites for hydroxylation is 2. The molecule has 0 heterocycles. The molecule has 0 amide bonds. The van der Waals surface area contributed by atoms with Crippen molar-refractivity contribution in [3.05, 3.63) is 63.7 Å². The average molecular weight is 227 g/mol. The molecule has 17 heavy (non-hydrogen) atoms. The summed E-state index contributed by atoms with van der Waals surface area (Å²) in [6, 6.07) is 13.1. The van der Waals surface area contributed by atoms with Gasteiger partial charge in [0.2, 0.25) is 0 Å². The Bertz CT molecular complexity index is 576. The Morgan fingerprint density at radius 3 is 2.41 bits per heavy atom. The minimum Gasteiger partial charge on any atom is -0.258 e. The molecule has 0 spiro atoms. The molecule has 0 radical (unpaired) electrons. The molecule has 0 N–H and O–H groups in total. The number of non-ortho nitro benzene ring substituents is 1. The van der Waals surface area contributed by atoms with Crippen molar-refractivity contribution >= 4 is 5.69 Å². The van der Waals surface area contributed by atoms with Crippen molar-refractivity contribution in [3.63, 3.8) is 0 Å². The number of nitro benzene ring substituents is 1. The van der Waals surface area contributed by atoms with Crippen molar-refractivity contribution < 1.29 is 4.92 Å². The van der Waals surface area contributed by atoms with Crippen molar-refractivity contribution in [2.45, 2.75) is 13.8 Å². The maximum atomic E-state index is 10.7. The molecule has 2 aromatic carbocycles. The predicted molar refractivity (Wildman–Crippen MR) is 68.0 cm³/mol. The van der Waals surface area contributed by atoms with Gasteiger partial charge < -0.3 is 0 Å². The lowest BCUT2D eigenvalue weighted by atomic mass is 9.99. The van der Waals surface area contributed by atoms with Gasteiger partial charge in [-0.1, -0.05) is 29.8 Å². The summed E-state index contributed by atoms with van der Waals surface area (Å²) in [5, 5.41) is 10.7. The Labute approximate surface area is 99.9 Å². The molecule has 2 rings (SSSR count). The van der Waals surface area contributed by atoms with Crippen molar-refractivity contribution in [1.82, 2.24) is 0 Å². The molecule has 0 aliphatic rings. The summed E-state index contributed by atoms with van der Waals surface area (Å²) in [5.41, 5.74) is 4.38. The van der Waals surface area contributed by atoms with Crippen molar-refractivity contribution in [1.29, 1.82) is 0 Å². The molecular weight excluding hydrogens is 214 g/mol. The molecule has 0 fully saturated rings.